The zero-order valence-electron chi connectivity index (χ0n) is 16.2. The van der Waals surface area contributed by atoms with Gasteiger partial charge in [-0.3, -0.25) is 14.4 Å². The van der Waals surface area contributed by atoms with Crippen LogP contribution in [0.3, 0.4) is 0 Å². The van der Waals surface area contributed by atoms with Gasteiger partial charge in [-0.05, 0) is 13.3 Å². The highest BCUT2D eigenvalue weighted by Crippen LogP contribution is 2.46. The van der Waals surface area contributed by atoms with Crippen LogP contribution < -0.4 is 5.73 Å². The van der Waals surface area contributed by atoms with E-state index in [1.165, 1.54) is 12.1 Å². The number of phenolic OH excluding ortho intramolecular Hbond substituents is 2. The molecule has 0 saturated carbocycles. The second-order valence-electron chi connectivity index (χ2n) is 7.83. The van der Waals surface area contributed by atoms with Crippen molar-refractivity contribution in [2.45, 2.75) is 19.4 Å². The molecule has 5 rings (SSSR count). The van der Waals surface area contributed by atoms with E-state index in [1.54, 1.807) is 24.0 Å². The van der Waals surface area contributed by atoms with Gasteiger partial charge < -0.3 is 25.8 Å². The summed E-state index contributed by atoms with van der Waals surface area (Å²) in [5.41, 5.74) is 6.32. The van der Waals surface area contributed by atoms with Crippen molar-refractivity contribution in [3.8, 4) is 11.5 Å². The number of benzene rings is 2. The van der Waals surface area contributed by atoms with E-state index in [0.29, 0.717) is 25.2 Å². The van der Waals surface area contributed by atoms with Crippen molar-refractivity contribution in [3.05, 3.63) is 57.8 Å². The fourth-order valence-corrected chi connectivity index (χ4v) is 4.51. The topological polar surface area (TPSA) is 137 Å². The number of nitrogens with two attached hydrogens (primary N) is 1. The van der Waals surface area contributed by atoms with Gasteiger partial charge in [0.1, 0.15) is 5.75 Å². The molecule has 8 heteroatoms. The lowest BCUT2D eigenvalue weighted by Gasteiger charge is -2.21. The number of aromatic hydroxyl groups is 2. The molecule has 0 spiro atoms. The van der Waals surface area contributed by atoms with Crippen LogP contribution in [0.4, 0.5) is 0 Å². The van der Waals surface area contributed by atoms with Crippen LogP contribution in [-0.2, 0) is 0 Å². The van der Waals surface area contributed by atoms with Crippen LogP contribution in [0.1, 0.15) is 54.3 Å². The van der Waals surface area contributed by atoms with Crippen LogP contribution in [0.15, 0.2) is 24.3 Å². The summed E-state index contributed by atoms with van der Waals surface area (Å²) in [5, 5.41) is 22.0. The summed E-state index contributed by atoms with van der Waals surface area (Å²) in [6.07, 6.45) is 0.670. The van der Waals surface area contributed by atoms with Crippen LogP contribution >= 0.6 is 0 Å². The smallest absolute Gasteiger partial charge is 0.256 e. The first kappa shape index (κ1) is 18.4. The molecule has 2 aliphatic rings. The van der Waals surface area contributed by atoms with Crippen molar-refractivity contribution >= 4 is 28.4 Å². The Kier molecular flexibility index (Phi) is 3.78. The van der Waals surface area contributed by atoms with Gasteiger partial charge in [-0.1, -0.05) is 24.3 Å². The molecule has 0 radical (unpaired) electrons. The molecule has 0 bridgehead atoms. The number of hydrogen-bond donors (Lipinski definition) is 4. The number of H-pyrrole nitrogens is 1. The summed E-state index contributed by atoms with van der Waals surface area (Å²) in [6, 6.07) is 6.13. The van der Waals surface area contributed by atoms with Gasteiger partial charge in [0.15, 0.2) is 17.3 Å². The molecule has 5 N–H and O–H groups in total. The molecule has 1 aromatic heterocycles. The fourth-order valence-electron chi connectivity index (χ4n) is 4.51. The van der Waals surface area contributed by atoms with Gasteiger partial charge in [0.2, 0.25) is 0 Å². The fraction of sp³-hybridized carbons (Fsp3) is 0.227. The van der Waals surface area contributed by atoms with Crippen LogP contribution in [0.25, 0.3) is 10.9 Å². The number of carbonyl (C=O) groups is 3. The lowest BCUT2D eigenvalue weighted by atomic mass is 9.82. The van der Waals surface area contributed by atoms with E-state index >= 15 is 0 Å². The number of ketones is 2. The molecule has 30 heavy (non-hydrogen) atoms. The minimum Gasteiger partial charge on any atom is -0.506 e. The molecule has 1 saturated heterocycles. The Labute approximate surface area is 170 Å². The molecule has 1 aliphatic carbocycles. The Morgan fingerprint density at radius 1 is 1.10 bits per heavy atom. The van der Waals surface area contributed by atoms with E-state index < -0.39 is 23.1 Å². The van der Waals surface area contributed by atoms with E-state index in [2.05, 4.69) is 4.98 Å². The second kappa shape index (κ2) is 6.17. The third kappa shape index (κ3) is 2.28. The average molecular weight is 405 g/mol. The van der Waals surface area contributed by atoms with Gasteiger partial charge in [-0.15, -0.1) is 0 Å². The van der Waals surface area contributed by atoms with Crippen molar-refractivity contribution in [2.75, 3.05) is 13.1 Å². The zero-order valence-corrected chi connectivity index (χ0v) is 16.2. The molecular weight excluding hydrogens is 386 g/mol. The number of nitrogens with one attached hydrogen (secondary N) is 1. The van der Waals surface area contributed by atoms with Crippen LogP contribution in [-0.4, -0.2) is 56.7 Å². The first-order chi connectivity index (χ1) is 14.3. The maximum Gasteiger partial charge on any atom is 0.256 e. The van der Waals surface area contributed by atoms with Crippen molar-refractivity contribution in [1.29, 1.82) is 0 Å². The van der Waals surface area contributed by atoms with Crippen molar-refractivity contribution < 1.29 is 24.6 Å². The van der Waals surface area contributed by atoms with Gasteiger partial charge in [-0.25, -0.2) is 0 Å². The molecule has 1 atom stereocenters. The Hall–Kier alpha value is -3.65. The summed E-state index contributed by atoms with van der Waals surface area (Å²) < 4.78 is 0. The van der Waals surface area contributed by atoms with E-state index in [0.717, 1.165) is 0 Å². The van der Waals surface area contributed by atoms with E-state index in [1.807, 2.05) is 0 Å². The number of carbonyl (C=O) groups excluding carboxylic acids is 3. The largest absolute Gasteiger partial charge is 0.506 e. The molecular formula is C22H19N3O5. The summed E-state index contributed by atoms with van der Waals surface area (Å²) >= 11 is 0. The maximum absolute atomic E-state index is 13.2. The average Bonchev–Trinajstić information content (AvgIpc) is 3.32. The Bertz CT molecular complexity index is 1290. The minimum absolute atomic E-state index is 0.0368. The summed E-state index contributed by atoms with van der Waals surface area (Å²) in [6.45, 7) is 2.50. The highest BCUT2D eigenvalue weighted by atomic mass is 16.3. The number of fused-ring (bicyclic) bond motifs is 3. The standard InChI is InChI=1S/C22H19N3O5/c1-9-13(22(30)25-7-6-10(23)8-25)14-17(24-9)21(29)16-15(20(14)28)18(26)11-4-2-3-5-12(11)19(16)27/h2-5,10,24,28-29H,6-8,23H2,1H3/t10-/m0/s1. The number of phenols is 2. The molecule has 8 nitrogen and oxygen atoms in total. The molecule has 0 unspecified atom stereocenters. The normalized spacial score (nSPS) is 18.1. The van der Waals surface area contributed by atoms with Crippen molar-refractivity contribution in [3.63, 3.8) is 0 Å². The Balaban J connectivity index is 1.79. The number of nitrogens with zero attached hydrogens (tertiary/aromatic N) is 1. The third-order valence-electron chi connectivity index (χ3n) is 5.98. The molecule has 3 aromatic rings. The number of hydrogen-bond acceptors (Lipinski definition) is 6. The number of rotatable bonds is 1. The lowest BCUT2D eigenvalue weighted by Crippen LogP contribution is -2.32. The van der Waals surface area contributed by atoms with Gasteiger partial charge in [0.25, 0.3) is 5.91 Å². The number of aromatic amines is 1. The summed E-state index contributed by atoms with van der Waals surface area (Å²) in [7, 11) is 0. The predicted molar refractivity (Wildman–Crippen MR) is 108 cm³/mol. The Morgan fingerprint density at radius 2 is 1.70 bits per heavy atom. The first-order valence-corrected chi connectivity index (χ1v) is 9.64. The van der Waals surface area contributed by atoms with E-state index in [4.69, 9.17) is 5.73 Å². The van der Waals surface area contributed by atoms with E-state index in [-0.39, 0.29) is 50.7 Å². The zero-order chi connectivity index (χ0) is 21.3. The van der Waals surface area contributed by atoms with Gasteiger partial charge in [0, 0.05) is 36.0 Å². The summed E-state index contributed by atoms with van der Waals surface area (Å²) in [4.78, 5) is 43.8. The maximum atomic E-state index is 13.2. The Morgan fingerprint density at radius 3 is 2.27 bits per heavy atom. The van der Waals surface area contributed by atoms with Crippen molar-refractivity contribution in [2.24, 2.45) is 5.73 Å². The van der Waals surface area contributed by atoms with Crippen LogP contribution in [0.5, 0.6) is 11.5 Å². The van der Waals surface area contributed by atoms with Gasteiger partial charge >= 0.3 is 0 Å². The highest BCUT2D eigenvalue weighted by molar-refractivity contribution is 6.33. The van der Waals surface area contributed by atoms with Crippen LogP contribution in [0.2, 0.25) is 0 Å². The lowest BCUT2D eigenvalue weighted by molar-refractivity contribution is 0.0791. The number of aryl methyl sites for hydroxylation is 1. The number of aromatic nitrogens is 1. The highest BCUT2D eigenvalue weighted by Gasteiger charge is 2.38. The number of amides is 1. The molecule has 1 aliphatic heterocycles. The minimum atomic E-state index is -0.574. The van der Waals surface area contributed by atoms with Gasteiger partial charge in [0.05, 0.1) is 27.6 Å². The first-order valence-electron chi connectivity index (χ1n) is 9.64. The quantitative estimate of drug-likeness (QED) is 0.357. The molecule has 1 amide bonds. The van der Waals surface area contributed by atoms with Crippen LogP contribution in [0, 0.1) is 6.92 Å². The number of likely N-dealkylation sites (tertiary alicyclic amines) is 1. The molecule has 152 valence electrons. The molecule has 2 aromatic carbocycles. The predicted octanol–water partition coefficient (Wildman–Crippen LogP) is 1.84. The summed E-state index contributed by atoms with van der Waals surface area (Å²) in [5.74, 6) is -2.42. The molecule has 1 fully saturated rings. The monoisotopic (exact) mass is 405 g/mol. The SMILES string of the molecule is Cc1[nH]c2c(O)c3c(c(O)c2c1C(=O)N1CC[C@H](N)C1)C(=O)c1ccccc1C3=O. The third-order valence-corrected chi connectivity index (χ3v) is 5.98. The van der Waals surface area contributed by atoms with Crippen molar-refractivity contribution in [1.82, 2.24) is 9.88 Å². The van der Waals surface area contributed by atoms with Gasteiger partial charge in [-0.2, -0.15) is 0 Å². The van der Waals surface area contributed by atoms with E-state index in [9.17, 15) is 24.6 Å². The second-order valence-corrected chi connectivity index (χ2v) is 7.83. The molecule has 2 heterocycles.